The second-order valence-corrected chi connectivity index (χ2v) is 6.92. The van der Waals surface area contributed by atoms with Crippen LogP contribution in [-0.2, 0) is 16.0 Å². The van der Waals surface area contributed by atoms with Gasteiger partial charge in [0.1, 0.15) is 11.6 Å². The summed E-state index contributed by atoms with van der Waals surface area (Å²) in [6, 6.07) is 7.69. The molecule has 0 aliphatic carbocycles. The number of hydrogen-bond acceptors (Lipinski definition) is 9. The predicted molar refractivity (Wildman–Crippen MR) is 121 cm³/mol. The van der Waals surface area contributed by atoms with Gasteiger partial charge in [0.25, 0.3) is 5.91 Å². The Bertz CT molecular complexity index is 961. The Morgan fingerprint density at radius 3 is 2.50 bits per heavy atom. The Kier molecular flexibility index (Phi) is 9.21. The molecule has 1 aromatic heterocycles. The summed E-state index contributed by atoms with van der Waals surface area (Å²) in [5, 5.41) is 2.45. The van der Waals surface area contributed by atoms with E-state index in [4.69, 9.17) is 21.9 Å². The summed E-state index contributed by atoms with van der Waals surface area (Å²) in [5.74, 6) is -0.109. The number of nitrogens with two attached hydrogens (primary N) is 3. The summed E-state index contributed by atoms with van der Waals surface area (Å²) in [7, 11) is 1.35. The number of anilines is 2. The third-order valence-electron chi connectivity index (χ3n) is 4.47. The molecule has 1 aromatic carbocycles. The number of nitrogens with one attached hydrogen (secondary N) is 1. The van der Waals surface area contributed by atoms with Crippen molar-refractivity contribution in [3.05, 3.63) is 41.2 Å². The number of ether oxygens (including phenoxy) is 2. The fourth-order valence-electron chi connectivity index (χ4n) is 2.68. The second kappa shape index (κ2) is 12.1. The summed E-state index contributed by atoms with van der Waals surface area (Å²) in [6.45, 7) is 2.36. The standard InChI is InChI=1S/C21H29N7O4/c1-13-18(22)27-19(23)17(26-13)20(30)28-21(24)25-11-4-3-5-14-6-8-15(9-7-14)32-12-10-16(29)31-2/h6-9H,3-5,10-12H2,1-2H3,(H4,22,23,27)(H3,24,25,28,30). The van der Waals surface area contributed by atoms with Gasteiger partial charge in [-0.2, -0.15) is 0 Å². The molecule has 0 saturated carbocycles. The number of rotatable bonds is 10. The molecule has 0 unspecified atom stereocenters. The van der Waals surface area contributed by atoms with Gasteiger partial charge in [0.2, 0.25) is 0 Å². The Balaban J connectivity index is 1.71. The minimum Gasteiger partial charge on any atom is -0.493 e. The highest BCUT2D eigenvalue weighted by atomic mass is 16.5. The van der Waals surface area contributed by atoms with Crippen LogP contribution in [-0.4, -0.2) is 48.1 Å². The van der Waals surface area contributed by atoms with Crippen molar-refractivity contribution in [2.45, 2.75) is 32.6 Å². The fraction of sp³-hybridized carbons (Fsp3) is 0.381. The lowest BCUT2D eigenvalue weighted by molar-refractivity contribution is -0.141. The number of nitrogen functional groups attached to an aromatic ring is 2. The van der Waals surface area contributed by atoms with E-state index in [0.717, 1.165) is 24.8 Å². The van der Waals surface area contributed by atoms with Gasteiger partial charge in [-0.15, -0.1) is 0 Å². The van der Waals surface area contributed by atoms with E-state index in [-0.39, 0.29) is 42.3 Å². The van der Waals surface area contributed by atoms with Crippen LogP contribution in [0, 0.1) is 6.92 Å². The number of hydrogen-bond donors (Lipinski definition) is 4. The van der Waals surface area contributed by atoms with Gasteiger partial charge >= 0.3 is 5.97 Å². The lowest BCUT2D eigenvalue weighted by atomic mass is 10.1. The van der Waals surface area contributed by atoms with E-state index >= 15 is 0 Å². The highest BCUT2D eigenvalue weighted by Gasteiger charge is 2.15. The number of benzene rings is 1. The van der Waals surface area contributed by atoms with Gasteiger partial charge in [-0.05, 0) is 43.9 Å². The van der Waals surface area contributed by atoms with Gasteiger partial charge in [-0.3, -0.25) is 19.9 Å². The molecule has 1 amide bonds. The number of aromatic nitrogens is 2. The lowest BCUT2D eigenvalue weighted by Gasteiger charge is -2.08. The molecule has 32 heavy (non-hydrogen) atoms. The van der Waals surface area contributed by atoms with Gasteiger partial charge in [0, 0.05) is 6.54 Å². The zero-order chi connectivity index (χ0) is 23.5. The van der Waals surface area contributed by atoms with Crippen LogP contribution in [0.15, 0.2) is 29.3 Å². The molecule has 0 spiro atoms. The first-order chi connectivity index (χ1) is 15.3. The van der Waals surface area contributed by atoms with E-state index in [0.29, 0.717) is 18.0 Å². The van der Waals surface area contributed by atoms with Crippen molar-refractivity contribution in [2.75, 3.05) is 31.7 Å². The van der Waals surface area contributed by atoms with Crippen molar-refractivity contribution in [1.82, 2.24) is 15.3 Å². The smallest absolute Gasteiger partial charge is 0.308 e. The topological polar surface area (TPSA) is 181 Å². The third-order valence-corrected chi connectivity index (χ3v) is 4.47. The number of esters is 1. The fourth-order valence-corrected chi connectivity index (χ4v) is 2.68. The monoisotopic (exact) mass is 443 g/mol. The number of aliphatic imine (C=N–C) groups is 1. The highest BCUT2D eigenvalue weighted by Crippen LogP contribution is 2.14. The molecule has 0 aliphatic heterocycles. The number of carbonyl (C=O) groups excluding carboxylic acids is 2. The predicted octanol–water partition coefficient (Wildman–Crippen LogP) is 0.959. The van der Waals surface area contributed by atoms with Gasteiger partial charge in [-0.1, -0.05) is 12.1 Å². The van der Waals surface area contributed by atoms with Crippen LogP contribution in [0.25, 0.3) is 0 Å². The summed E-state index contributed by atoms with van der Waals surface area (Å²) in [5.41, 5.74) is 18.6. The van der Waals surface area contributed by atoms with Crippen LogP contribution < -0.4 is 27.3 Å². The van der Waals surface area contributed by atoms with Crippen molar-refractivity contribution in [3.63, 3.8) is 0 Å². The summed E-state index contributed by atoms with van der Waals surface area (Å²) >= 11 is 0. The first-order valence-electron chi connectivity index (χ1n) is 10.1. The SMILES string of the molecule is COC(=O)CCOc1ccc(CCCCN=C(N)NC(=O)c2nc(C)c(N)nc2N)cc1. The van der Waals surface area contributed by atoms with E-state index in [2.05, 4.69) is 25.0 Å². The molecule has 0 radical (unpaired) electrons. The Labute approximate surface area is 186 Å². The number of methoxy groups -OCH3 is 1. The minimum absolute atomic E-state index is 0.0147. The largest absolute Gasteiger partial charge is 0.493 e. The maximum absolute atomic E-state index is 12.2. The van der Waals surface area contributed by atoms with E-state index < -0.39 is 5.91 Å². The van der Waals surface area contributed by atoms with E-state index in [1.54, 1.807) is 6.92 Å². The lowest BCUT2D eigenvalue weighted by Crippen LogP contribution is -2.38. The molecule has 172 valence electrons. The molecule has 2 rings (SSSR count). The Morgan fingerprint density at radius 2 is 1.81 bits per heavy atom. The van der Waals surface area contributed by atoms with Crippen LogP contribution in [0.5, 0.6) is 5.75 Å². The van der Waals surface area contributed by atoms with Crippen molar-refractivity contribution < 1.29 is 19.1 Å². The molecule has 7 N–H and O–H groups in total. The maximum atomic E-state index is 12.2. The molecule has 1 heterocycles. The average Bonchev–Trinajstić information content (AvgIpc) is 2.76. The maximum Gasteiger partial charge on any atom is 0.308 e. The minimum atomic E-state index is -0.590. The van der Waals surface area contributed by atoms with Crippen LogP contribution in [0.1, 0.15) is 41.0 Å². The summed E-state index contributed by atoms with van der Waals surface area (Å²) in [4.78, 5) is 35.4. The van der Waals surface area contributed by atoms with Crippen molar-refractivity contribution in [2.24, 2.45) is 10.7 Å². The van der Waals surface area contributed by atoms with Gasteiger partial charge in [-0.25, -0.2) is 9.97 Å². The van der Waals surface area contributed by atoms with Gasteiger partial charge < -0.3 is 26.7 Å². The molecular weight excluding hydrogens is 414 g/mol. The third kappa shape index (κ3) is 7.74. The van der Waals surface area contributed by atoms with Crippen LogP contribution in [0.3, 0.4) is 0 Å². The number of unbranched alkanes of at least 4 members (excludes halogenated alkanes) is 1. The first kappa shape index (κ1) is 24.4. The number of nitrogens with zero attached hydrogens (tertiary/aromatic N) is 3. The Morgan fingerprint density at radius 1 is 1.09 bits per heavy atom. The summed E-state index contributed by atoms with van der Waals surface area (Å²) in [6.07, 6.45) is 2.75. The Hall–Kier alpha value is -3.89. The van der Waals surface area contributed by atoms with E-state index in [1.165, 1.54) is 7.11 Å². The molecule has 2 aromatic rings. The normalized spacial score (nSPS) is 11.1. The van der Waals surface area contributed by atoms with Crippen molar-refractivity contribution >= 4 is 29.5 Å². The number of guanidine groups is 1. The number of carbonyl (C=O) groups is 2. The van der Waals surface area contributed by atoms with Crippen molar-refractivity contribution in [1.29, 1.82) is 0 Å². The van der Waals surface area contributed by atoms with E-state index in [9.17, 15) is 9.59 Å². The van der Waals surface area contributed by atoms with Gasteiger partial charge in [0.15, 0.2) is 17.5 Å². The second-order valence-electron chi connectivity index (χ2n) is 6.92. The zero-order valence-corrected chi connectivity index (χ0v) is 18.3. The zero-order valence-electron chi connectivity index (χ0n) is 18.3. The number of amides is 1. The molecule has 0 atom stereocenters. The molecule has 11 heteroatoms. The van der Waals surface area contributed by atoms with Crippen LogP contribution in [0.2, 0.25) is 0 Å². The molecular formula is C21H29N7O4. The van der Waals surface area contributed by atoms with Crippen LogP contribution >= 0.6 is 0 Å². The molecule has 11 nitrogen and oxygen atoms in total. The molecule has 0 saturated heterocycles. The van der Waals surface area contributed by atoms with E-state index in [1.807, 2.05) is 24.3 Å². The molecule has 0 bridgehead atoms. The molecule has 0 fully saturated rings. The summed E-state index contributed by atoms with van der Waals surface area (Å²) < 4.78 is 10.1. The first-order valence-corrected chi connectivity index (χ1v) is 10.1. The van der Waals surface area contributed by atoms with Crippen molar-refractivity contribution in [3.8, 4) is 5.75 Å². The molecule has 0 aliphatic rings. The highest BCUT2D eigenvalue weighted by molar-refractivity contribution is 6.06. The van der Waals surface area contributed by atoms with Crippen LogP contribution in [0.4, 0.5) is 11.6 Å². The average molecular weight is 444 g/mol. The quantitative estimate of drug-likeness (QED) is 0.180. The number of aryl methyl sites for hydroxylation is 2. The van der Waals surface area contributed by atoms with Gasteiger partial charge in [0.05, 0.1) is 25.8 Å².